The zero-order valence-corrected chi connectivity index (χ0v) is 21.1. The molecule has 2 N–H and O–H groups in total. The fourth-order valence-electron chi connectivity index (χ4n) is 4.88. The number of nitrogens with zero attached hydrogens (tertiary/aromatic N) is 2. The van der Waals surface area contributed by atoms with Crippen LogP contribution in [0, 0.1) is 5.92 Å². The SMILES string of the molecule is CCC(=O)CCCCC[C@@H](NC(=O)C1CCN(C)CC1)c1ncc(-c2ccc3ccccc3c2)[nH]1. The smallest absolute Gasteiger partial charge is 0.223 e. The van der Waals surface area contributed by atoms with E-state index in [-0.39, 0.29) is 17.9 Å². The van der Waals surface area contributed by atoms with Crippen LogP contribution in [-0.2, 0) is 9.59 Å². The van der Waals surface area contributed by atoms with E-state index in [1.807, 2.05) is 25.3 Å². The summed E-state index contributed by atoms with van der Waals surface area (Å²) in [6, 6.07) is 14.6. The molecular weight excluding hydrogens is 436 g/mol. The molecule has 1 saturated heterocycles. The van der Waals surface area contributed by atoms with E-state index in [4.69, 9.17) is 4.98 Å². The number of Topliss-reactive ketones (excluding diaryl/α,β-unsaturated/α-hetero) is 1. The van der Waals surface area contributed by atoms with Crippen LogP contribution in [0.4, 0.5) is 0 Å². The Bertz CT molecular complexity index is 1130. The number of hydrogen-bond donors (Lipinski definition) is 2. The number of rotatable bonds is 11. The molecule has 1 aliphatic heterocycles. The number of carbonyl (C=O) groups excluding carboxylic acids is 2. The molecule has 186 valence electrons. The highest BCUT2D eigenvalue weighted by atomic mass is 16.2. The third kappa shape index (κ3) is 6.79. The molecule has 0 radical (unpaired) electrons. The number of ketones is 1. The predicted octanol–water partition coefficient (Wildman–Crippen LogP) is 5.66. The first kappa shape index (κ1) is 25.1. The van der Waals surface area contributed by atoms with Crippen LogP contribution in [0.3, 0.4) is 0 Å². The number of imidazole rings is 1. The van der Waals surface area contributed by atoms with Gasteiger partial charge in [0.15, 0.2) is 0 Å². The van der Waals surface area contributed by atoms with Gasteiger partial charge in [-0.3, -0.25) is 9.59 Å². The minimum atomic E-state index is -0.154. The highest BCUT2D eigenvalue weighted by molar-refractivity contribution is 5.86. The number of carbonyl (C=O) groups is 2. The standard InChI is InChI=1S/C29H38N4O2/c1-3-25(34)11-5-4-6-12-26(32-29(35)22-15-17-33(2)18-16-22)28-30-20-27(31-28)24-14-13-21-9-7-8-10-23(21)19-24/h7-10,13-14,19-20,22,26H,3-6,11-12,15-18H2,1-2H3,(H,30,31)(H,32,35)/t26-/m1/s1. The molecule has 1 aliphatic rings. The van der Waals surface area contributed by atoms with Crippen molar-refractivity contribution in [2.45, 2.75) is 64.3 Å². The normalized spacial score (nSPS) is 15.8. The molecule has 0 aliphatic carbocycles. The van der Waals surface area contributed by atoms with E-state index in [1.165, 1.54) is 10.8 Å². The minimum absolute atomic E-state index is 0.0609. The van der Waals surface area contributed by atoms with Gasteiger partial charge in [-0.15, -0.1) is 0 Å². The summed E-state index contributed by atoms with van der Waals surface area (Å²) in [7, 11) is 2.11. The molecule has 2 heterocycles. The second-order valence-electron chi connectivity index (χ2n) is 9.87. The molecule has 1 amide bonds. The number of amides is 1. The molecule has 0 bridgehead atoms. The maximum atomic E-state index is 13.1. The Hall–Kier alpha value is -2.99. The molecule has 2 aromatic carbocycles. The number of H-pyrrole nitrogens is 1. The van der Waals surface area contributed by atoms with E-state index in [2.05, 4.69) is 52.6 Å². The average molecular weight is 475 g/mol. The zero-order valence-electron chi connectivity index (χ0n) is 21.1. The van der Waals surface area contributed by atoms with Gasteiger partial charge in [0.25, 0.3) is 0 Å². The van der Waals surface area contributed by atoms with Crippen LogP contribution in [-0.4, -0.2) is 46.7 Å². The Morgan fingerprint density at radius 2 is 1.86 bits per heavy atom. The number of nitrogens with one attached hydrogen (secondary N) is 2. The third-order valence-electron chi connectivity index (χ3n) is 7.23. The van der Waals surface area contributed by atoms with Crippen LogP contribution in [0.15, 0.2) is 48.7 Å². The lowest BCUT2D eigenvalue weighted by Crippen LogP contribution is -2.40. The van der Waals surface area contributed by atoms with Crippen molar-refractivity contribution in [3.8, 4) is 11.3 Å². The highest BCUT2D eigenvalue weighted by Gasteiger charge is 2.26. The Morgan fingerprint density at radius 1 is 1.09 bits per heavy atom. The average Bonchev–Trinajstić information content (AvgIpc) is 3.38. The van der Waals surface area contributed by atoms with Crippen molar-refractivity contribution >= 4 is 22.5 Å². The number of piperidine rings is 1. The van der Waals surface area contributed by atoms with Gasteiger partial charge >= 0.3 is 0 Å². The molecule has 1 fully saturated rings. The summed E-state index contributed by atoms with van der Waals surface area (Å²) in [5, 5.41) is 5.70. The summed E-state index contributed by atoms with van der Waals surface area (Å²) in [4.78, 5) is 35.2. The maximum absolute atomic E-state index is 13.1. The summed E-state index contributed by atoms with van der Waals surface area (Å²) in [5.74, 6) is 1.32. The Labute approximate surface area is 208 Å². The van der Waals surface area contributed by atoms with Crippen molar-refractivity contribution in [3.05, 3.63) is 54.5 Å². The molecule has 0 spiro atoms. The van der Waals surface area contributed by atoms with Crippen LogP contribution in [0.1, 0.15) is 70.2 Å². The summed E-state index contributed by atoms with van der Waals surface area (Å²) in [6.07, 6.45) is 8.56. The molecule has 0 saturated carbocycles. The molecular formula is C29H38N4O2. The van der Waals surface area contributed by atoms with E-state index in [1.54, 1.807) is 0 Å². The van der Waals surface area contributed by atoms with Gasteiger partial charge in [0, 0.05) is 24.3 Å². The highest BCUT2D eigenvalue weighted by Crippen LogP contribution is 2.26. The second-order valence-corrected chi connectivity index (χ2v) is 9.87. The largest absolute Gasteiger partial charge is 0.346 e. The first-order valence-corrected chi connectivity index (χ1v) is 13.1. The number of likely N-dealkylation sites (tertiary alicyclic amines) is 1. The fourth-order valence-corrected chi connectivity index (χ4v) is 4.88. The van der Waals surface area contributed by atoms with Gasteiger partial charge in [0.05, 0.1) is 17.9 Å². The monoisotopic (exact) mass is 474 g/mol. The third-order valence-corrected chi connectivity index (χ3v) is 7.23. The second kappa shape index (κ2) is 12.1. The summed E-state index contributed by atoms with van der Waals surface area (Å²) in [5.41, 5.74) is 2.04. The first-order valence-electron chi connectivity index (χ1n) is 13.1. The van der Waals surface area contributed by atoms with E-state index in [9.17, 15) is 9.59 Å². The number of unbranched alkanes of at least 4 members (excludes halogenated alkanes) is 2. The van der Waals surface area contributed by atoms with Crippen molar-refractivity contribution in [1.29, 1.82) is 0 Å². The van der Waals surface area contributed by atoms with Crippen LogP contribution < -0.4 is 5.32 Å². The number of hydrogen-bond acceptors (Lipinski definition) is 4. The van der Waals surface area contributed by atoms with Gasteiger partial charge in [-0.2, -0.15) is 0 Å². The number of benzene rings is 2. The first-order chi connectivity index (χ1) is 17.0. The van der Waals surface area contributed by atoms with Crippen molar-refractivity contribution in [2.75, 3.05) is 20.1 Å². The molecule has 35 heavy (non-hydrogen) atoms. The molecule has 0 unspecified atom stereocenters. The Balaban J connectivity index is 1.45. The maximum Gasteiger partial charge on any atom is 0.223 e. The van der Waals surface area contributed by atoms with Crippen molar-refractivity contribution in [3.63, 3.8) is 0 Å². The van der Waals surface area contributed by atoms with Crippen molar-refractivity contribution in [1.82, 2.24) is 20.2 Å². The lowest BCUT2D eigenvalue weighted by molar-refractivity contribution is -0.127. The molecule has 3 aromatic rings. The molecule has 6 nitrogen and oxygen atoms in total. The topological polar surface area (TPSA) is 78.1 Å². The molecule has 4 rings (SSSR count). The lowest BCUT2D eigenvalue weighted by Gasteiger charge is -2.29. The van der Waals surface area contributed by atoms with E-state index in [0.717, 1.165) is 68.7 Å². The fraction of sp³-hybridized carbons (Fsp3) is 0.483. The Kier molecular flexibility index (Phi) is 8.69. The van der Waals surface area contributed by atoms with Gasteiger partial charge in [0.2, 0.25) is 5.91 Å². The van der Waals surface area contributed by atoms with E-state index in [0.29, 0.717) is 18.6 Å². The number of aromatic amines is 1. The van der Waals surface area contributed by atoms with Crippen LogP contribution in [0.25, 0.3) is 22.0 Å². The van der Waals surface area contributed by atoms with Crippen LogP contribution in [0.2, 0.25) is 0 Å². The van der Waals surface area contributed by atoms with E-state index < -0.39 is 0 Å². The van der Waals surface area contributed by atoms with Gasteiger partial charge in [-0.05, 0) is 62.7 Å². The zero-order chi connectivity index (χ0) is 24.6. The summed E-state index contributed by atoms with van der Waals surface area (Å²) in [6.45, 7) is 3.84. The van der Waals surface area contributed by atoms with Crippen molar-refractivity contribution < 1.29 is 9.59 Å². The van der Waals surface area contributed by atoms with Gasteiger partial charge in [-0.25, -0.2) is 4.98 Å². The molecule has 1 aromatic heterocycles. The predicted molar refractivity (Wildman–Crippen MR) is 141 cm³/mol. The minimum Gasteiger partial charge on any atom is -0.346 e. The van der Waals surface area contributed by atoms with Crippen molar-refractivity contribution in [2.24, 2.45) is 5.92 Å². The van der Waals surface area contributed by atoms with Crippen LogP contribution >= 0.6 is 0 Å². The van der Waals surface area contributed by atoms with Crippen LogP contribution in [0.5, 0.6) is 0 Å². The summed E-state index contributed by atoms with van der Waals surface area (Å²) >= 11 is 0. The quantitative estimate of drug-likeness (QED) is 0.352. The van der Waals surface area contributed by atoms with E-state index >= 15 is 0 Å². The molecule has 1 atom stereocenters. The number of fused-ring (bicyclic) bond motifs is 1. The Morgan fingerprint density at radius 3 is 2.63 bits per heavy atom. The van der Waals surface area contributed by atoms with Gasteiger partial charge in [0.1, 0.15) is 11.6 Å². The molecule has 6 heteroatoms. The lowest BCUT2D eigenvalue weighted by atomic mass is 9.95. The number of aromatic nitrogens is 2. The van der Waals surface area contributed by atoms with Gasteiger partial charge in [-0.1, -0.05) is 56.2 Å². The summed E-state index contributed by atoms with van der Waals surface area (Å²) < 4.78 is 0. The van der Waals surface area contributed by atoms with Gasteiger partial charge < -0.3 is 15.2 Å².